The maximum absolute atomic E-state index is 13.4. The highest BCUT2D eigenvalue weighted by Gasteiger charge is 2.22. The van der Waals surface area contributed by atoms with E-state index in [1.807, 2.05) is 64.3 Å². The van der Waals surface area contributed by atoms with Gasteiger partial charge < -0.3 is 4.90 Å². The summed E-state index contributed by atoms with van der Waals surface area (Å²) in [5.74, 6) is 0.179. The molecule has 5 nitrogen and oxygen atoms in total. The number of aromatic nitrogens is 2. The van der Waals surface area contributed by atoms with E-state index in [1.165, 1.54) is 0 Å². The summed E-state index contributed by atoms with van der Waals surface area (Å²) in [6.07, 6.45) is 1.61. The zero-order valence-electron chi connectivity index (χ0n) is 20.2. The molecule has 2 aromatic heterocycles. The van der Waals surface area contributed by atoms with Crippen molar-refractivity contribution in [2.24, 2.45) is 10.9 Å². The molecule has 0 atom stereocenters. The van der Waals surface area contributed by atoms with Crippen LogP contribution in [0.5, 0.6) is 0 Å². The van der Waals surface area contributed by atoms with Crippen molar-refractivity contribution in [1.82, 2.24) is 14.5 Å². The quantitative estimate of drug-likeness (QED) is 0.176. The van der Waals surface area contributed by atoms with Crippen LogP contribution in [0, 0.1) is 5.92 Å². The molecule has 0 aliphatic carbocycles. The fraction of sp³-hybridized carbons (Fsp3) is 0.222. The second kappa shape index (κ2) is 10.8. The van der Waals surface area contributed by atoms with Crippen LogP contribution in [-0.2, 0) is 6.54 Å². The summed E-state index contributed by atoms with van der Waals surface area (Å²) in [6, 6.07) is 14.7. The summed E-state index contributed by atoms with van der Waals surface area (Å²) in [7, 11) is 3.69. The van der Waals surface area contributed by atoms with Crippen LogP contribution >= 0.6 is 46.4 Å². The van der Waals surface area contributed by atoms with Crippen molar-refractivity contribution < 1.29 is 0 Å². The minimum atomic E-state index is -0.344. The smallest absolute Gasteiger partial charge is 0.273 e. The molecule has 4 aromatic rings. The lowest BCUT2D eigenvalue weighted by atomic mass is 9.97. The van der Waals surface area contributed by atoms with Crippen LogP contribution in [-0.4, -0.2) is 34.9 Å². The Bertz CT molecular complexity index is 1530. The summed E-state index contributed by atoms with van der Waals surface area (Å²) in [6.45, 7) is 4.50. The minimum Gasteiger partial charge on any atom is -0.369 e. The van der Waals surface area contributed by atoms with Gasteiger partial charge in [-0.2, -0.15) is 0 Å². The fourth-order valence-electron chi connectivity index (χ4n) is 3.89. The molecule has 0 spiro atoms. The van der Waals surface area contributed by atoms with Gasteiger partial charge in [0.05, 0.1) is 22.7 Å². The number of nitrogens with zero attached hydrogens (tertiary/aromatic N) is 4. The van der Waals surface area contributed by atoms with Crippen LogP contribution in [0.3, 0.4) is 0 Å². The van der Waals surface area contributed by atoms with Crippen LogP contribution < -0.4 is 5.56 Å². The molecule has 0 fully saturated rings. The van der Waals surface area contributed by atoms with Gasteiger partial charge in [0, 0.05) is 47.2 Å². The molecule has 0 saturated carbocycles. The SMILES string of the molecule is CC(C)Cn1c(=O)c(Cl)c(/N=C\N(C)C)c2cc(-c3ccc(Cl)cc3)c(-c3ccc(Cl)cc3Cl)nc21. The molecular weight excluding hydrogens is 538 g/mol. The topological polar surface area (TPSA) is 50.5 Å². The highest BCUT2D eigenvalue weighted by atomic mass is 35.5. The van der Waals surface area contributed by atoms with Gasteiger partial charge in [-0.1, -0.05) is 72.4 Å². The highest BCUT2D eigenvalue weighted by molar-refractivity contribution is 6.36. The summed E-state index contributed by atoms with van der Waals surface area (Å²) in [4.78, 5) is 24.7. The number of fused-ring (bicyclic) bond motifs is 1. The van der Waals surface area contributed by atoms with E-state index in [0.717, 1.165) is 11.1 Å². The van der Waals surface area contributed by atoms with Crippen molar-refractivity contribution in [1.29, 1.82) is 0 Å². The number of benzene rings is 2. The Hall–Kier alpha value is -2.57. The maximum Gasteiger partial charge on any atom is 0.273 e. The first-order chi connectivity index (χ1) is 17.1. The molecule has 186 valence electrons. The van der Waals surface area contributed by atoms with E-state index in [9.17, 15) is 4.79 Å². The molecule has 2 aromatic carbocycles. The number of halogens is 4. The fourth-order valence-corrected chi connectivity index (χ4v) is 4.76. The van der Waals surface area contributed by atoms with E-state index in [4.69, 9.17) is 51.4 Å². The van der Waals surface area contributed by atoms with Crippen molar-refractivity contribution >= 4 is 69.5 Å². The summed E-state index contributed by atoms with van der Waals surface area (Å²) in [5.41, 5.74) is 3.44. The van der Waals surface area contributed by atoms with Crippen molar-refractivity contribution in [3.63, 3.8) is 0 Å². The third-order valence-electron chi connectivity index (χ3n) is 5.46. The van der Waals surface area contributed by atoms with E-state index in [2.05, 4.69) is 4.99 Å². The van der Waals surface area contributed by atoms with Gasteiger partial charge in [0.25, 0.3) is 5.56 Å². The second-order valence-corrected chi connectivity index (χ2v) is 10.7. The van der Waals surface area contributed by atoms with E-state index < -0.39 is 0 Å². The van der Waals surface area contributed by atoms with Gasteiger partial charge in [0.2, 0.25) is 0 Å². The molecule has 4 rings (SSSR count). The standard InChI is InChI=1S/C27H24Cl4N4O/c1-15(2)13-35-26-21(25(23(31)27(35)36)32-14-34(3)4)12-20(16-5-7-17(28)8-6-16)24(33-26)19-10-9-18(29)11-22(19)30/h5-12,14-15H,13H2,1-4H3/b32-14-. The molecule has 0 amide bonds. The minimum absolute atomic E-state index is 0.0439. The molecule has 9 heteroatoms. The average Bonchev–Trinajstić information content (AvgIpc) is 2.81. The van der Waals surface area contributed by atoms with E-state index >= 15 is 0 Å². The van der Waals surface area contributed by atoms with E-state index in [-0.39, 0.29) is 16.5 Å². The van der Waals surface area contributed by atoms with Gasteiger partial charge in [-0.25, -0.2) is 9.98 Å². The molecule has 0 saturated heterocycles. The monoisotopic (exact) mass is 560 g/mol. The van der Waals surface area contributed by atoms with Gasteiger partial charge in [-0.05, 0) is 47.9 Å². The highest BCUT2D eigenvalue weighted by Crippen LogP contribution is 2.41. The third kappa shape index (κ3) is 5.40. The number of rotatable bonds is 6. The first-order valence-corrected chi connectivity index (χ1v) is 12.8. The lowest BCUT2D eigenvalue weighted by molar-refractivity contribution is 0.521. The van der Waals surface area contributed by atoms with Gasteiger partial charge in [0.1, 0.15) is 10.7 Å². The van der Waals surface area contributed by atoms with E-state index in [1.54, 1.807) is 27.9 Å². The Morgan fingerprint density at radius 3 is 2.25 bits per heavy atom. The van der Waals surface area contributed by atoms with Crippen molar-refractivity contribution in [2.45, 2.75) is 20.4 Å². The van der Waals surface area contributed by atoms with Gasteiger partial charge >= 0.3 is 0 Å². The lowest BCUT2D eigenvalue weighted by Gasteiger charge is -2.19. The van der Waals surface area contributed by atoms with Gasteiger partial charge in [0.15, 0.2) is 0 Å². The Morgan fingerprint density at radius 2 is 1.64 bits per heavy atom. The first-order valence-electron chi connectivity index (χ1n) is 11.3. The Morgan fingerprint density at radius 1 is 0.972 bits per heavy atom. The zero-order chi connectivity index (χ0) is 26.1. The first kappa shape index (κ1) is 26.5. The molecule has 0 aliphatic rings. The number of hydrogen-bond acceptors (Lipinski definition) is 3. The molecule has 0 unspecified atom stereocenters. The predicted molar refractivity (Wildman–Crippen MR) is 154 cm³/mol. The predicted octanol–water partition coefficient (Wildman–Crippen LogP) is 8.22. The molecule has 0 aliphatic heterocycles. The lowest BCUT2D eigenvalue weighted by Crippen LogP contribution is -2.24. The van der Waals surface area contributed by atoms with Crippen LogP contribution in [0.2, 0.25) is 20.1 Å². The summed E-state index contributed by atoms with van der Waals surface area (Å²) >= 11 is 25.6. The van der Waals surface area contributed by atoms with E-state index in [0.29, 0.717) is 49.6 Å². The molecule has 36 heavy (non-hydrogen) atoms. The van der Waals surface area contributed by atoms with Gasteiger partial charge in [-0.15, -0.1) is 0 Å². The summed E-state index contributed by atoms with van der Waals surface area (Å²) in [5, 5.41) is 2.27. The maximum atomic E-state index is 13.4. The Kier molecular flexibility index (Phi) is 7.96. The number of hydrogen-bond donors (Lipinski definition) is 0. The Balaban J connectivity index is 2.18. The number of pyridine rings is 2. The van der Waals surface area contributed by atoms with Crippen molar-refractivity contribution in [2.75, 3.05) is 14.1 Å². The molecule has 2 heterocycles. The molecular formula is C27H24Cl4N4O. The molecule has 0 bridgehead atoms. The van der Waals surface area contributed by atoms with Crippen LogP contribution in [0.1, 0.15) is 13.8 Å². The van der Waals surface area contributed by atoms with Crippen LogP contribution in [0.25, 0.3) is 33.4 Å². The summed E-state index contributed by atoms with van der Waals surface area (Å²) < 4.78 is 1.61. The van der Waals surface area contributed by atoms with Crippen molar-refractivity contribution in [3.05, 3.63) is 79.0 Å². The van der Waals surface area contributed by atoms with Crippen molar-refractivity contribution in [3.8, 4) is 22.4 Å². The molecule has 0 N–H and O–H groups in total. The Labute approximate surface area is 229 Å². The number of aliphatic imine (C=N–C) groups is 1. The second-order valence-electron chi connectivity index (χ2n) is 9.07. The molecule has 0 radical (unpaired) electrons. The van der Waals surface area contributed by atoms with Crippen LogP contribution in [0.15, 0.2) is 58.3 Å². The van der Waals surface area contributed by atoms with Crippen LogP contribution in [0.4, 0.5) is 5.69 Å². The largest absolute Gasteiger partial charge is 0.369 e. The average molecular weight is 562 g/mol. The normalized spacial score (nSPS) is 11.7. The zero-order valence-corrected chi connectivity index (χ0v) is 23.2. The third-order valence-corrected chi connectivity index (χ3v) is 6.60. The van der Waals surface area contributed by atoms with Gasteiger partial charge in [-0.3, -0.25) is 9.36 Å².